The largest absolute Gasteiger partial charge is 0.497 e. The first-order valence-corrected chi connectivity index (χ1v) is 11.9. The van der Waals surface area contributed by atoms with Gasteiger partial charge in [0.1, 0.15) is 17.1 Å². The van der Waals surface area contributed by atoms with Crippen molar-refractivity contribution < 1.29 is 13.9 Å². The second kappa shape index (κ2) is 9.03. The Kier molecular flexibility index (Phi) is 5.58. The van der Waals surface area contributed by atoms with Crippen LogP contribution in [0.1, 0.15) is 10.4 Å². The van der Waals surface area contributed by atoms with Crippen LogP contribution in [0.15, 0.2) is 71.3 Å². The maximum absolute atomic E-state index is 13.1. The molecule has 0 N–H and O–H groups in total. The van der Waals surface area contributed by atoms with Crippen molar-refractivity contribution in [3.63, 3.8) is 0 Å². The van der Waals surface area contributed by atoms with E-state index < -0.39 is 0 Å². The average Bonchev–Trinajstić information content (AvgIpc) is 3.32. The monoisotopic (exact) mass is 469 g/mol. The average molecular weight is 470 g/mol. The highest BCUT2D eigenvalue weighted by atomic mass is 16.5. The highest BCUT2D eigenvalue weighted by Crippen LogP contribution is 2.28. The fraction of sp³-hybridized carbons (Fsp3) is 0.296. The van der Waals surface area contributed by atoms with E-state index >= 15 is 0 Å². The molecule has 2 fully saturated rings. The molecule has 0 aliphatic carbocycles. The second-order valence-corrected chi connectivity index (χ2v) is 9.00. The number of methoxy groups -OCH3 is 1. The summed E-state index contributed by atoms with van der Waals surface area (Å²) in [7, 11) is 1.64. The fourth-order valence-electron chi connectivity index (χ4n) is 4.81. The van der Waals surface area contributed by atoms with E-state index in [4.69, 9.17) is 9.15 Å². The summed E-state index contributed by atoms with van der Waals surface area (Å²) in [4.78, 5) is 28.9. The number of anilines is 1. The molecule has 2 aliphatic heterocycles. The lowest BCUT2D eigenvalue weighted by Crippen LogP contribution is -2.64. The number of rotatable bonds is 5. The van der Waals surface area contributed by atoms with E-state index in [2.05, 4.69) is 25.8 Å². The summed E-state index contributed by atoms with van der Waals surface area (Å²) in [5, 5.41) is 0. The van der Waals surface area contributed by atoms with E-state index in [-0.39, 0.29) is 5.91 Å². The van der Waals surface area contributed by atoms with Crippen LogP contribution in [0.3, 0.4) is 0 Å². The number of carbonyl (C=O) groups excluding carboxylic acids is 1. The van der Waals surface area contributed by atoms with Gasteiger partial charge in [-0.3, -0.25) is 9.69 Å². The lowest BCUT2D eigenvalue weighted by molar-refractivity contribution is 0.0246. The van der Waals surface area contributed by atoms with Gasteiger partial charge in [-0.25, -0.2) is 9.97 Å². The Morgan fingerprint density at radius 2 is 1.80 bits per heavy atom. The standard InChI is InChI=1S/C27H27N5O3/c1-34-22-8-5-19(6-9-22)26-29-23-16-20(7-10-24(23)35-26)27(33)32-17-21(18-32)30-12-14-31(15-13-30)25-4-2-3-11-28-25/h2-11,16,21H,12-15,17-18H2,1H3. The zero-order valence-electron chi connectivity index (χ0n) is 19.6. The lowest BCUT2D eigenvalue weighted by atomic mass is 10.0. The normalized spacial score (nSPS) is 16.9. The number of oxazole rings is 1. The molecule has 2 aliphatic rings. The Morgan fingerprint density at radius 1 is 1.00 bits per heavy atom. The molecule has 2 aromatic carbocycles. The van der Waals surface area contributed by atoms with Crippen molar-refractivity contribution in [3.8, 4) is 17.2 Å². The van der Waals surface area contributed by atoms with E-state index in [9.17, 15) is 4.79 Å². The Labute approximate surface area is 203 Å². The highest BCUT2D eigenvalue weighted by molar-refractivity contribution is 5.97. The first kappa shape index (κ1) is 21.6. The van der Waals surface area contributed by atoms with E-state index in [1.807, 2.05) is 65.7 Å². The van der Waals surface area contributed by atoms with Gasteiger partial charge >= 0.3 is 0 Å². The molecule has 4 heterocycles. The van der Waals surface area contributed by atoms with Crippen LogP contribution in [0.25, 0.3) is 22.6 Å². The van der Waals surface area contributed by atoms with Crippen LogP contribution >= 0.6 is 0 Å². The Balaban J connectivity index is 1.07. The summed E-state index contributed by atoms with van der Waals surface area (Å²) in [5.74, 6) is 2.39. The van der Waals surface area contributed by atoms with Crippen LogP contribution < -0.4 is 9.64 Å². The van der Waals surface area contributed by atoms with Gasteiger partial charge < -0.3 is 19.0 Å². The maximum Gasteiger partial charge on any atom is 0.254 e. The van der Waals surface area contributed by atoms with Gasteiger partial charge in [-0.05, 0) is 54.6 Å². The number of likely N-dealkylation sites (tertiary alicyclic amines) is 1. The zero-order valence-corrected chi connectivity index (χ0v) is 19.6. The maximum atomic E-state index is 13.1. The molecule has 8 heteroatoms. The summed E-state index contributed by atoms with van der Waals surface area (Å²) in [6, 6.07) is 19.5. The molecule has 0 saturated carbocycles. The molecule has 8 nitrogen and oxygen atoms in total. The minimum Gasteiger partial charge on any atom is -0.497 e. The van der Waals surface area contributed by atoms with Crippen molar-refractivity contribution in [1.29, 1.82) is 0 Å². The van der Waals surface area contributed by atoms with Gasteiger partial charge in [0.25, 0.3) is 5.91 Å². The van der Waals surface area contributed by atoms with E-state index in [0.29, 0.717) is 28.6 Å². The third-order valence-corrected chi connectivity index (χ3v) is 6.92. The van der Waals surface area contributed by atoms with Crippen LogP contribution in [0, 0.1) is 0 Å². The topological polar surface area (TPSA) is 74.9 Å². The molecule has 0 atom stereocenters. The molecule has 2 aromatic heterocycles. The van der Waals surface area contributed by atoms with Crippen molar-refractivity contribution in [1.82, 2.24) is 19.8 Å². The second-order valence-electron chi connectivity index (χ2n) is 9.00. The number of amides is 1. The quantitative estimate of drug-likeness (QED) is 0.443. The summed E-state index contributed by atoms with van der Waals surface area (Å²) < 4.78 is 11.1. The van der Waals surface area contributed by atoms with Crippen molar-refractivity contribution >= 4 is 22.8 Å². The number of nitrogens with zero attached hydrogens (tertiary/aromatic N) is 5. The van der Waals surface area contributed by atoms with Gasteiger partial charge in [0.2, 0.25) is 5.89 Å². The number of hydrogen-bond acceptors (Lipinski definition) is 7. The van der Waals surface area contributed by atoms with Crippen molar-refractivity contribution in [2.45, 2.75) is 6.04 Å². The lowest BCUT2D eigenvalue weighted by Gasteiger charge is -2.48. The Hall–Kier alpha value is -3.91. The summed E-state index contributed by atoms with van der Waals surface area (Å²) in [5.41, 5.74) is 2.86. The number of aromatic nitrogens is 2. The van der Waals surface area contributed by atoms with Crippen LogP contribution in [0.2, 0.25) is 0 Å². The molecular weight excluding hydrogens is 442 g/mol. The SMILES string of the molecule is COc1ccc(-c2nc3cc(C(=O)N4CC(N5CCN(c6ccccn6)CC5)C4)ccc3o2)cc1. The van der Waals surface area contributed by atoms with Gasteiger partial charge in [0.15, 0.2) is 5.58 Å². The first-order chi connectivity index (χ1) is 17.2. The molecule has 0 spiro atoms. The predicted octanol–water partition coefficient (Wildman–Crippen LogP) is 3.55. The third kappa shape index (κ3) is 4.21. The van der Waals surface area contributed by atoms with Gasteiger partial charge in [0.05, 0.1) is 7.11 Å². The molecule has 1 amide bonds. The highest BCUT2D eigenvalue weighted by Gasteiger charge is 2.36. The van der Waals surface area contributed by atoms with Crippen LogP contribution in [-0.2, 0) is 0 Å². The van der Waals surface area contributed by atoms with Crippen molar-refractivity contribution in [2.75, 3.05) is 51.3 Å². The smallest absolute Gasteiger partial charge is 0.254 e. The number of pyridine rings is 1. The molecule has 0 unspecified atom stereocenters. The van der Waals surface area contributed by atoms with E-state index in [1.165, 1.54) is 0 Å². The molecule has 0 bridgehead atoms. The Morgan fingerprint density at radius 3 is 2.51 bits per heavy atom. The molecule has 0 radical (unpaired) electrons. The van der Waals surface area contributed by atoms with E-state index in [0.717, 1.165) is 56.4 Å². The fourth-order valence-corrected chi connectivity index (χ4v) is 4.81. The molecule has 4 aromatic rings. The van der Waals surface area contributed by atoms with Crippen LogP contribution in [0.5, 0.6) is 5.75 Å². The zero-order chi connectivity index (χ0) is 23.8. The number of benzene rings is 2. The van der Waals surface area contributed by atoms with E-state index in [1.54, 1.807) is 7.11 Å². The predicted molar refractivity (Wildman–Crippen MR) is 134 cm³/mol. The molecule has 35 heavy (non-hydrogen) atoms. The molecule has 6 rings (SSSR count). The number of fused-ring (bicyclic) bond motifs is 1. The summed E-state index contributed by atoms with van der Waals surface area (Å²) >= 11 is 0. The van der Waals surface area contributed by atoms with Gasteiger partial charge in [-0.2, -0.15) is 0 Å². The third-order valence-electron chi connectivity index (χ3n) is 6.92. The van der Waals surface area contributed by atoms with Crippen molar-refractivity contribution in [2.24, 2.45) is 0 Å². The molecular formula is C27H27N5O3. The minimum absolute atomic E-state index is 0.0456. The molecule has 178 valence electrons. The molecule has 2 saturated heterocycles. The number of carbonyl (C=O) groups is 1. The summed E-state index contributed by atoms with van der Waals surface area (Å²) in [6.45, 7) is 5.42. The van der Waals surface area contributed by atoms with Crippen LogP contribution in [-0.4, -0.2) is 78.1 Å². The van der Waals surface area contributed by atoms with Gasteiger partial charge in [-0.15, -0.1) is 0 Å². The number of ether oxygens (including phenoxy) is 1. The summed E-state index contributed by atoms with van der Waals surface area (Å²) in [6.07, 6.45) is 1.84. The first-order valence-electron chi connectivity index (χ1n) is 11.9. The van der Waals surface area contributed by atoms with Crippen LogP contribution in [0.4, 0.5) is 5.82 Å². The Bertz CT molecular complexity index is 1320. The minimum atomic E-state index is 0.0456. The number of hydrogen-bond donors (Lipinski definition) is 0. The number of piperazine rings is 1. The van der Waals surface area contributed by atoms with Crippen molar-refractivity contribution in [3.05, 3.63) is 72.4 Å². The van der Waals surface area contributed by atoms with Gasteiger partial charge in [-0.1, -0.05) is 6.07 Å². The van der Waals surface area contributed by atoms with Gasteiger partial charge in [0, 0.05) is 62.6 Å².